The van der Waals surface area contributed by atoms with Crippen LogP contribution in [0.3, 0.4) is 0 Å². The van der Waals surface area contributed by atoms with Crippen molar-refractivity contribution in [3.8, 4) is 17.2 Å². The highest BCUT2D eigenvalue weighted by atomic mass is 32.2. The molecule has 3 N–H and O–H groups in total. The Morgan fingerprint density at radius 2 is 1.56 bits per heavy atom. The number of alkyl halides is 3. The number of hydrogen-bond acceptors (Lipinski definition) is 6. The van der Waals surface area contributed by atoms with Crippen LogP contribution >= 0.6 is 0 Å². The second kappa shape index (κ2) is 9.30. The number of aliphatic hydroxyl groups excluding tert-OH is 1. The molecular weight excluding hydrogens is 495 g/mol. The fraction of sp³-hybridized carbons (Fsp3) is 0.280. The fourth-order valence-electron chi connectivity index (χ4n) is 4.77. The Labute approximate surface area is 206 Å². The zero-order chi connectivity index (χ0) is 25.5. The summed E-state index contributed by atoms with van der Waals surface area (Å²) >= 11 is 0. The van der Waals surface area contributed by atoms with Gasteiger partial charge < -0.3 is 19.5 Å². The van der Waals surface area contributed by atoms with Gasteiger partial charge in [0.25, 0.3) is 0 Å². The van der Waals surface area contributed by atoms with E-state index in [2.05, 4.69) is 9.46 Å². The molecule has 1 aliphatic carbocycles. The van der Waals surface area contributed by atoms with Crippen LogP contribution in [-0.4, -0.2) is 33.9 Å². The number of fused-ring (bicyclic) bond motifs is 2. The minimum absolute atomic E-state index is 0.00610. The van der Waals surface area contributed by atoms with Crippen LogP contribution in [-0.2, 0) is 9.92 Å². The molecular formula is C25H24F3N3O4S. The summed E-state index contributed by atoms with van der Waals surface area (Å²) in [6.07, 6.45) is -3.99. The standard InChI is InChI=1S/C25H24F3N3O4S/c26-25(27,28)35-16-12-14-17(15-13-16)36(29,33)30-18-6-5-9-21(24(18)32)31-19-7-1-3-10-22(19)34-23-11-4-2-8-20(23)31/h1-4,7-8,10-15,18,21,24,32H,5-6,9H2,(H2,29,30,33)/t18-,21+,24-,36?/m1/s1. The Hall–Kier alpha value is -3.28. The maximum Gasteiger partial charge on any atom is 0.573 e. The first-order valence-electron chi connectivity index (χ1n) is 11.4. The van der Waals surface area contributed by atoms with Gasteiger partial charge in [0.05, 0.1) is 28.4 Å². The van der Waals surface area contributed by atoms with Gasteiger partial charge >= 0.3 is 6.36 Å². The average Bonchev–Trinajstić information content (AvgIpc) is 2.83. The van der Waals surface area contributed by atoms with Crippen LogP contribution < -0.4 is 19.1 Å². The Balaban J connectivity index is 1.39. The Kier molecular flexibility index (Phi) is 6.31. The minimum atomic E-state index is -4.85. The fourth-order valence-corrected chi connectivity index (χ4v) is 6.11. The zero-order valence-electron chi connectivity index (χ0n) is 18.9. The first-order valence-corrected chi connectivity index (χ1v) is 12.9. The summed E-state index contributed by atoms with van der Waals surface area (Å²) in [6.45, 7) is 0. The Morgan fingerprint density at radius 3 is 2.14 bits per heavy atom. The molecule has 0 radical (unpaired) electrons. The molecule has 1 fully saturated rings. The number of rotatable bonds is 5. The van der Waals surface area contributed by atoms with Gasteiger partial charge in [0.2, 0.25) is 0 Å². The molecule has 0 aromatic heterocycles. The molecule has 11 heteroatoms. The van der Waals surface area contributed by atoms with E-state index in [1.807, 2.05) is 53.4 Å². The van der Waals surface area contributed by atoms with E-state index in [1.165, 1.54) is 0 Å². The molecule has 1 saturated carbocycles. The normalized spacial score (nSPS) is 23.1. The number of nitrogens with one attached hydrogen (secondary N) is 2. The SMILES string of the molecule is N=S(=O)(N[C@@H]1CCC[C@H](N2c3ccccc3Oc3ccccc32)[C@@H]1O)c1ccc(OC(F)(F)F)cc1. The van der Waals surface area contributed by atoms with Crippen molar-refractivity contribution in [3.05, 3.63) is 72.8 Å². The predicted molar refractivity (Wildman–Crippen MR) is 128 cm³/mol. The number of anilines is 2. The molecule has 3 aromatic rings. The van der Waals surface area contributed by atoms with Crippen molar-refractivity contribution in [1.29, 1.82) is 4.78 Å². The number of para-hydroxylation sites is 4. The molecule has 0 saturated heterocycles. The van der Waals surface area contributed by atoms with E-state index >= 15 is 0 Å². The maximum atomic E-state index is 13.2. The summed E-state index contributed by atoms with van der Waals surface area (Å²) < 4.78 is 71.6. The van der Waals surface area contributed by atoms with Crippen LogP contribution in [0.1, 0.15) is 19.3 Å². The number of hydrogen-bond donors (Lipinski definition) is 3. The highest BCUT2D eigenvalue weighted by molar-refractivity contribution is 7.90. The predicted octanol–water partition coefficient (Wildman–Crippen LogP) is 5.72. The van der Waals surface area contributed by atoms with Gasteiger partial charge in [0.15, 0.2) is 11.5 Å². The van der Waals surface area contributed by atoms with E-state index < -0.39 is 34.2 Å². The van der Waals surface area contributed by atoms with Crippen LogP contribution in [0, 0.1) is 4.78 Å². The number of aliphatic hydroxyl groups is 1. The molecule has 7 nitrogen and oxygen atoms in total. The lowest BCUT2D eigenvalue weighted by Crippen LogP contribution is -2.55. The Bertz CT molecular complexity index is 1300. The monoisotopic (exact) mass is 519 g/mol. The van der Waals surface area contributed by atoms with E-state index in [4.69, 9.17) is 9.52 Å². The van der Waals surface area contributed by atoms with E-state index in [9.17, 15) is 22.5 Å². The highest BCUT2D eigenvalue weighted by Crippen LogP contribution is 2.49. The summed E-state index contributed by atoms with van der Waals surface area (Å²) in [7, 11) is -3.62. The summed E-state index contributed by atoms with van der Waals surface area (Å²) in [5, 5.41) is 11.4. The van der Waals surface area contributed by atoms with Crippen molar-refractivity contribution >= 4 is 21.3 Å². The van der Waals surface area contributed by atoms with E-state index in [1.54, 1.807) is 0 Å². The van der Waals surface area contributed by atoms with E-state index in [-0.39, 0.29) is 10.9 Å². The smallest absolute Gasteiger partial charge is 0.453 e. The second-order valence-electron chi connectivity index (χ2n) is 8.70. The molecule has 0 bridgehead atoms. The lowest BCUT2D eigenvalue weighted by molar-refractivity contribution is -0.274. The van der Waals surface area contributed by atoms with Gasteiger partial charge in [-0.05, 0) is 67.8 Å². The molecule has 1 heterocycles. The molecule has 5 rings (SSSR count). The molecule has 3 aromatic carbocycles. The number of benzene rings is 3. The Morgan fingerprint density at radius 1 is 0.972 bits per heavy atom. The molecule has 190 valence electrons. The zero-order valence-corrected chi connectivity index (χ0v) is 19.8. The van der Waals surface area contributed by atoms with Crippen molar-refractivity contribution in [1.82, 2.24) is 4.72 Å². The lowest BCUT2D eigenvalue weighted by Gasteiger charge is -2.45. The second-order valence-corrected chi connectivity index (χ2v) is 10.5. The van der Waals surface area contributed by atoms with Gasteiger partial charge in [-0.1, -0.05) is 24.3 Å². The van der Waals surface area contributed by atoms with E-state index in [0.717, 1.165) is 35.6 Å². The molecule has 1 aliphatic heterocycles. The van der Waals surface area contributed by atoms with Crippen molar-refractivity contribution in [2.75, 3.05) is 4.90 Å². The minimum Gasteiger partial charge on any atom is -0.453 e. The largest absolute Gasteiger partial charge is 0.573 e. The topological polar surface area (TPSA) is 94.9 Å². The van der Waals surface area contributed by atoms with Crippen molar-refractivity contribution in [2.45, 2.75) is 48.7 Å². The van der Waals surface area contributed by atoms with Crippen molar-refractivity contribution < 1.29 is 32.0 Å². The van der Waals surface area contributed by atoms with Gasteiger partial charge in [-0.15, -0.1) is 13.2 Å². The van der Waals surface area contributed by atoms with Gasteiger partial charge in [-0.25, -0.2) is 13.7 Å². The third-order valence-electron chi connectivity index (χ3n) is 6.33. The van der Waals surface area contributed by atoms with Gasteiger partial charge in [-0.2, -0.15) is 0 Å². The van der Waals surface area contributed by atoms with E-state index in [0.29, 0.717) is 30.8 Å². The molecule has 0 amide bonds. The molecule has 0 spiro atoms. The van der Waals surface area contributed by atoms with Crippen LogP contribution in [0.15, 0.2) is 77.7 Å². The summed E-state index contributed by atoms with van der Waals surface area (Å²) in [5.74, 6) is 0.844. The molecule has 2 aliphatic rings. The van der Waals surface area contributed by atoms with Crippen LogP contribution in [0.2, 0.25) is 0 Å². The first kappa shape index (κ1) is 24.4. The van der Waals surface area contributed by atoms with Crippen molar-refractivity contribution in [2.24, 2.45) is 0 Å². The molecule has 36 heavy (non-hydrogen) atoms. The van der Waals surface area contributed by atoms with Gasteiger partial charge in [-0.3, -0.25) is 0 Å². The third-order valence-corrected chi connectivity index (χ3v) is 7.90. The summed E-state index contributed by atoms with van der Waals surface area (Å²) in [5.41, 5.74) is 1.60. The van der Waals surface area contributed by atoms with Crippen LogP contribution in [0.4, 0.5) is 24.5 Å². The first-order chi connectivity index (χ1) is 17.1. The summed E-state index contributed by atoms with van der Waals surface area (Å²) in [6, 6.07) is 18.3. The van der Waals surface area contributed by atoms with Gasteiger partial charge in [0, 0.05) is 6.04 Å². The van der Waals surface area contributed by atoms with Gasteiger partial charge in [0.1, 0.15) is 15.7 Å². The molecule has 1 unspecified atom stereocenters. The van der Waals surface area contributed by atoms with Crippen molar-refractivity contribution in [3.63, 3.8) is 0 Å². The van der Waals surface area contributed by atoms with Crippen LogP contribution in [0.5, 0.6) is 17.2 Å². The number of nitrogens with zero attached hydrogens (tertiary/aromatic N) is 1. The third kappa shape index (κ3) is 4.86. The van der Waals surface area contributed by atoms with Crippen LogP contribution in [0.25, 0.3) is 0 Å². The quantitative estimate of drug-likeness (QED) is 0.401. The lowest BCUT2D eigenvalue weighted by atomic mass is 9.86. The average molecular weight is 520 g/mol. The summed E-state index contributed by atoms with van der Waals surface area (Å²) in [4.78, 5) is 2.02. The highest BCUT2D eigenvalue weighted by Gasteiger charge is 2.40. The molecule has 4 atom stereocenters. The number of halogens is 3. The maximum absolute atomic E-state index is 13.2. The number of ether oxygens (including phenoxy) is 2.